The molecule has 0 spiro atoms. The normalized spacial score (nSPS) is 16.3. The molecule has 130 valence electrons. The summed E-state index contributed by atoms with van der Waals surface area (Å²) in [6.45, 7) is 9.50. The molecule has 1 aliphatic rings. The number of piperazine rings is 1. The van der Waals surface area contributed by atoms with Gasteiger partial charge < -0.3 is 15.1 Å². The molecule has 3 rings (SSSR count). The van der Waals surface area contributed by atoms with E-state index in [0.29, 0.717) is 6.04 Å². The van der Waals surface area contributed by atoms with Crippen molar-refractivity contribution in [2.45, 2.75) is 33.2 Å². The van der Waals surface area contributed by atoms with Crippen LogP contribution in [0.1, 0.15) is 32.0 Å². The van der Waals surface area contributed by atoms with E-state index in [1.54, 1.807) is 17.5 Å². The molecule has 1 aliphatic heterocycles. The lowest BCUT2D eigenvalue weighted by atomic mass is 10.2. The molecule has 3 heterocycles. The highest BCUT2D eigenvalue weighted by Crippen LogP contribution is 2.23. The first kappa shape index (κ1) is 16.8. The lowest BCUT2D eigenvalue weighted by Crippen LogP contribution is -2.50. The molecule has 1 unspecified atom stereocenters. The van der Waals surface area contributed by atoms with E-state index in [2.05, 4.69) is 46.7 Å². The number of urea groups is 1. The van der Waals surface area contributed by atoms with Gasteiger partial charge in [0.05, 0.1) is 22.6 Å². The Labute approximate surface area is 147 Å². The zero-order valence-corrected chi connectivity index (χ0v) is 15.3. The van der Waals surface area contributed by atoms with Gasteiger partial charge in [-0.1, -0.05) is 6.92 Å². The smallest absolute Gasteiger partial charge is 0.322 e. The van der Waals surface area contributed by atoms with Crippen LogP contribution in [0.4, 0.5) is 15.5 Å². The minimum Gasteiger partial charge on any atom is -0.360 e. The van der Waals surface area contributed by atoms with Crippen molar-refractivity contribution in [3.05, 3.63) is 29.4 Å². The topological polar surface area (TPSA) is 53.4 Å². The van der Waals surface area contributed by atoms with Crippen molar-refractivity contribution in [2.75, 3.05) is 36.4 Å². The average Bonchev–Trinajstić information content (AvgIpc) is 3.25. The Morgan fingerprint density at radius 2 is 2.12 bits per heavy atom. The van der Waals surface area contributed by atoms with Gasteiger partial charge in [0.25, 0.3) is 0 Å². The first-order chi connectivity index (χ1) is 11.6. The number of amides is 2. The molecule has 0 aliphatic carbocycles. The molecule has 24 heavy (non-hydrogen) atoms. The van der Waals surface area contributed by atoms with Crippen LogP contribution >= 0.6 is 11.3 Å². The summed E-state index contributed by atoms with van der Waals surface area (Å²) in [4.78, 5) is 16.7. The van der Waals surface area contributed by atoms with E-state index in [9.17, 15) is 4.79 Å². The summed E-state index contributed by atoms with van der Waals surface area (Å²) in [5, 5.41) is 10.8. The van der Waals surface area contributed by atoms with Gasteiger partial charge in [-0.25, -0.2) is 4.79 Å². The first-order valence-electron chi connectivity index (χ1n) is 8.48. The number of carbonyl (C=O) groups excluding carboxylic acids is 1. The highest BCUT2D eigenvalue weighted by molar-refractivity contribution is 7.14. The molecule has 2 amide bonds. The lowest BCUT2D eigenvalue weighted by Gasteiger charge is -2.35. The van der Waals surface area contributed by atoms with Gasteiger partial charge >= 0.3 is 6.03 Å². The number of anilines is 2. The molecular formula is C17H25N5OS. The number of rotatable bonds is 4. The Balaban J connectivity index is 1.57. The van der Waals surface area contributed by atoms with Crippen molar-refractivity contribution < 1.29 is 4.79 Å². The maximum atomic E-state index is 12.5. The van der Waals surface area contributed by atoms with Crippen molar-refractivity contribution in [3.8, 4) is 0 Å². The molecule has 0 saturated carbocycles. The maximum Gasteiger partial charge on any atom is 0.322 e. The summed E-state index contributed by atoms with van der Waals surface area (Å²) in [5.74, 6) is 0. The van der Waals surface area contributed by atoms with E-state index < -0.39 is 0 Å². The molecule has 0 bridgehead atoms. The van der Waals surface area contributed by atoms with Crippen LogP contribution in [-0.2, 0) is 0 Å². The third-order valence-electron chi connectivity index (χ3n) is 4.68. The molecular weight excluding hydrogens is 322 g/mol. The number of thiophene rings is 1. The van der Waals surface area contributed by atoms with Gasteiger partial charge in [-0.05, 0) is 37.8 Å². The van der Waals surface area contributed by atoms with Crippen LogP contribution in [0.2, 0.25) is 0 Å². The van der Waals surface area contributed by atoms with Crippen molar-refractivity contribution in [3.63, 3.8) is 0 Å². The molecule has 1 fully saturated rings. The van der Waals surface area contributed by atoms with Crippen molar-refractivity contribution in [2.24, 2.45) is 0 Å². The van der Waals surface area contributed by atoms with Gasteiger partial charge in [0.15, 0.2) is 0 Å². The Bertz CT molecular complexity index is 673. The monoisotopic (exact) mass is 347 g/mol. The van der Waals surface area contributed by atoms with Crippen LogP contribution in [0, 0.1) is 6.92 Å². The minimum absolute atomic E-state index is 0.0346. The summed E-state index contributed by atoms with van der Waals surface area (Å²) in [6, 6.07) is 4.50. The third kappa shape index (κ3) is 3.40. The molecule has 0 radical (unpaired) electrons. The van der Waals surface area contributed by atoms with Gasteiger partial charge in [0, 0.05) is 32.2 Å². The van der Waals surface area contributed by atoms with Crippen LogP contribution in [-0.4, -0.2) is 46.9 Å². The Kier molecular flexibility index (Phi) is 5.08. The van der Waals surface area contributed by atoms with E-state index in [4.69, 9.17) is 0 Å². The lowest BCUT2D eigenvalue weighted by molar-refractivity contribution is 0.208. The molecule has 1 N–H and O–H groups in total. The fourth-order valence-electron chi connectivity index (χ4n) is 2.94. The quantitative estimate of drug-likeness (QED) is 0.920. The predicted octanol–water partition coefficient (Wildman–Crippen LogP) is 3.58. The number of aromatic nitrogens is 2. The van der Waals surface area contributed by atoms with Gasteiger partial charge in [-0.2, -0.15) is 5.10 Å². The zero-order chi connectivity index (χ0) is 17.1. The zero-order valence-electron chi connectivity index (χ0n) is 14.5. The Hall–Kier alpha value is -2.02. The van der Waals surface area contributed by atoms with Crippen LogP contribution in [0.25, 0.3) is 0 Å². The molecule has 6 nitrogen and oxygen atoms in total. The van der Waals surface area contributed by atoms with E-state index in [0.717, 1.165) is 44.0 Å². The highest BCUT2D eigenvalue weighted by atomic mass is 32.1. The van der Waals surface area contributed by atoms with E-state index in [1.807, 2.05) is 16.5 Å². The second-order valence-electron chi connectivity index (χ2n) is 6.20. The van der Waals surface area contributed by atoms with Crippen molar-refractivity contribution >= 4 is 28.1 Å². The Morgan fingerprint density at radius 3 is 2.75 bits per heavy atom. The van der Waals surface area contributed by atoms with Crippen molar-refractivity contribution in [1.82, 2.24) is 14.7 Å². The fourth-order valence-corrected chi connectivity index (χ4v) is 3.72. The molecule has 7 heteroatoms. The minimum atomic E-state index is -0.0346. The summed E-state index contributed by atoms with van der Waals surface area (Å²) in [6.07, 6.45) is 2.77. The molecule has 2 aromatic heterocycles. The molecule has 1 atom stereocenters. The van der Waals surface area contributed by atoms with Gasteiger partial charge in [0.2, 0.25) is 0 Å². The van der Waals surface area contributed by atoms with E-state index in [-0.39, 0.29) is 6.03 Å². The Morgan fingerprint density at radius 1 is 1.38 bits per heavy atom. The number of hydrogen-bond acceptors (Lipinski definition) is 4. The molecule has 2 aromatic rings. The molecule has 0 aromatic carbocycles. The summed E-state index contributed by atoms with van der Waals surface area (Å²) < 4.78 is 1.98. The van der Waals surface area contributed by atoms with Crippen LogP contribution in [0.5, 0.6) is 0 Å². The van der Waals surface area contributed by atoms with Gasteiger partial charge in [-0.3, -0.25) is 4.68 Å². The van der Waals surface area contributed by atoms with Gasteiger partial charge in [0.1, 0.15) is 0 Å². The largest absolute Gasteiger partial charge is 0.360 e. The first-order valence-corrected chi connectivity index (χ1v) is 9.36. The average molecular weight is 347 g/mol. The van der Waals surface area contributed by atoms with Crippen LogP contribution in [0.3, 0.4) is 0 Å². The fraction of sp³-hybridized carbons (Fsp3) is 0.529. The summed E-state index contributed by atoms with van der Waals surface area (Å²) in [5.41, 5.74) is 1.82. The summed E-state index contributed by atoms with van der Waals surface area (Å²) in [7, 11) is 0. The number of carbonyl (C=O) groups is 1. The van der Waals surface area contributed by atoms with Crippen LogP contribution < -0.4 is 10.2 Å². The van der Waals surface area contributed by atoms with E-state index in [1.165, 1.54) is 5.00 Å². The third-order valence-corrected chi connectivity index (χ3v) is 5.61. The number of nitrogens with zero attached hydrogens (tertiary/aromatic N) is 4. The number of hydrogen-bond donors (Lipinski definition) is 1. The SMILES string of the molecule is CCC(C)n1ncc(NC(=O)N2CCN(c3cccs3)CC2)c1C. The predicted molar refractivity (Wildman–Crippen MR) is 99.1 cm³/mol. The standard InChI is InChI=1S/C17H25N5OS/c1-4-13(2)22-14(3)15(12-18-22)19-17(23)21-9-7-20(8-10-21)16-6-5-11-24-16/h5-6,11-13H,4,7-10H2,1-3H3,(H,19,23). The van der Waals surface area contributed by atoms with Crippen molar-refractivity contribution in [1.29, 1.82) is 0 Å². The van der Waals surface area contributed by atoms with Gasteiger partial charge in [-0.15, -0.1) is 11.3 Å². The second kappa shape index (κ2) is 7.25. The van der Waals surface area contributed by atoms with E-state index >= 15 is 0 Å². The molecule has 1 saturated heterocycles. The maximum absolute atomic E-state index is 12.5. The highest BCUT2D eigenvalue weighted by Gasteiger charge is 2.23. The summed E-state index contributed by atoms with van der Waals surface area (Å²) >= 11 is 1.75. The second-order valence-corrected chi connectivity index (χ2v) is 7.13. The number of nitrogens with one attached hydrogen (secondary N) is 1. The van der Waals surface area contributed by atoms with Crippen LogP contribution in [0.15, 0.2) is 23.7 Å².